The van der Waals surface area contributed by atoms with E-state index in [2.05, 4.69) is 17.4 Å². The normalized spacial score (nSPS) is 10.2. The molecule has 2 rings (SSSR count). The number of anilines is 1. The lowest BCUT2D eigenvalue weighted by molar-refractivity contribution is 0.0606. The highest BCUT2D eigenvalue weighted by atomic mass is 32.2. The van der Waals surface area contributed by atoms with Crippen molar-refractivity contribution in [3.63, 3.8) is 0 Å². The Kier molecular flexibility index (Phi) is 4.87. The lowest BCUT2D eigenvalue weighted by Crippen LogP contribution is -1.99. The van der Waals surface area contributed by atoms with Gasteiger partial charge in [0.25, 0.3) is 0 Å². The van der Waals surface area contributed by atoms with Crippen LogP contribution in [0.5, 0.6) is 0 Å². The van der Waals surface area contributed by atoms with E-state index in [4.69, 9.17) is 4.74 Å². The van der Waals surface area contributed by atoms with Crippen molar-refractivity contribution >= 4 is 34.8 Å². The number of hydrogen-bond acceptors (Lipinski definition) is 5. The molecular weight excluding hydrogens is 278 g/mol. The van der Waals surface area contributed by atoms with E-state index in [1.807, 2.05) is 30.5 Å². The van der Waals surface area contributed by atoms with Gasteiger partial charge in [-0.1, -0.05) is 30.3 Å². The number of carbonyl (C=O) groups excluding carboxylic acids is 1. The number of thioether (sulfide) groups is 1. The smallest absolute Gasteiger partial charge is 0.348 e. The Morgan fingerprint density at radius 1 is 1.37 bits per heavy atom. The minimum atomic E-state index is -0.284. The summed E-state index contributed by atoms with van der Waals surface area (Å²) in [5.74, 6) is -0.284. The fraction of sp³-hybridized carbons (Fsp3) is 0.214. The first-order chi connectivity index (χ1) is 9.24. The molecule has 1 aromatic heterocycles. The summed E-state index contributed by atoms with van der Waals surface area (Å²) in [6.45, 7) is 0.742. The molecule has 0 amide bonds. The van der Waals surface area contributed by atoms with Gasteiger partial charge in [0.1, 0.15) is 4.88 Å². The summed E-state index contributed by atoms with van der Waals surface area (Å²) >= 11 is 3.08. The van der Waals surface area contributed by atoms with Gasteiger partial charge < -0.3 is 10.1 Å². The lowest BCUT2D eigenvalue weighted by Gasteiger charge is -2.05. The van der Waals surface area contributed by atoms with Crippen molar-refractivity contribution < 1.29 is 9.53 Å². The van der Waals surface area contributed by atoms with Gasteiger partial charge in [-0.05, 0) is 17.9 Å². The highest BCUT2D eigenvalue weighted by Crippen LogP contribution is 2.35. The minimum Gasteiger partial charge on any atom is -0.465 e. The van der Waals surface area contributed by atoms with Gasteiger partial charge >= 0.3 is 5.97 Å². The second-order valence-corrected chi connectivity index (χ2v) is 5.97. The number of esters is 1. The molecule has 1 aromatic carbocycles. The van der Waals surface area contributed by atoms with Crippen LogP contribution in [0.1, 0.15) is 15.2 Å². The van der Waals surface area contributed by atoms with Crippen molar-refractivity contribution in [1.82, 2.24) is 0 Å². The first-order valence-electron chi connectivity index (χ1n) is 5.78. The second kappa shape index (κ2) is 6.63. The maximum Gasteiger partial charge on any atom is 0.348 e. The Morgan fingerprint density at radius 2 is 2.11 bits per heavy atom. The monoisotopic (exact) mass is 293 g/mol. The molecule has 0 aliphatic carbocycles. The van der Waals surface area contributed by atoms with E-state index >= 15 is 0 Å². The maximum atomic E-state index is 11.5. The molecule has 1 N–H and O–H groups in total. The summed E-state index contributed by atoms with van der Waals surface area (Å²) in [6.07, 6.45) is 2.00. The Hall–Kier alpha value is -1.46. The minimum absolute atomic E-state index is 0.284. The van der Waals surface area contributed by atoms with E-state index in [0.717, 1.165) is 16.4 Å². The number of carbonyl (C=O) groups is 1. The molecule has 5 heteroatoms. The Labute approximate surface area is 121 Å². The molecule has 3 nitrogen and oxygen atoms in total. The third-order valence-corrected chi connectivity index (χ3v) is 4.85. The van der Waals surface area contributed by atoms with E-state index in [1.54, 1.807) is 11.8 Å². The zero-order chi connectivity index (χ0) is 13.7. The molecule has 0 saturated carbocycles. The molecule has 0 unspecified atom stereocenters. The Balaban J connectivity index is 2.11. The topological polar surface area (TPSA) is 38.3 Å². The summed E-state index contributed by atoms with van der Waals surface area (Å²) in [5.41, 5.74) is 2.20. The summed E-state index contributed by atoms with van der Waals surface area (Å²) in [5, 5.41) is 3.36. The fourth-order valence-corrected chi connectivity index (χ4v) is 3.38. The van der Waals surface area contributed by atoms with Gasteiger partial charge in [0.15, 0.2) is 0 Å². The van der Waals surface area contributed by atoms with Gasteiger partial charge in [0, 0.05) is 6.54 Å². The van der Waals surface area contributed by atoms with Crippen molar-refractivity contribution in [2.24, 2.45) is 0 Å². The third kappa shape index (κ3) is 3.52. The molecule has 0 aliphatic rings. The number of methoxy groups -OCH3 is 1. The highest BCUT2D eigenvalue weighted by Gasteiger charge is 2.14. The largest absolute Gasteiger partial charge is 0.465 e. The number of nitrogens with one attached hydrogen (secondary N) is 1. The van der Waals surface area contributed by atoms with Crippen molar-refractivity contribution in [3.8, 4) is 0 Å². The van der Waals surface area contributed by atoms with E-state index < -0.39 is 0 Å². The molecule has 0 atom stereocenters. The predicted molar refractivity (Wildman–Crippen MR) is 81.2 cm³/mol. The number of thiophene rings is 1. The third-order valence-electron chi connectivity index (χ3n) is 2.60. The molecule has 2 aromatic rings. The molecule has 1 heterocycles. The van der Waals surface area contributed by atoms with Crippen LogP contribution in [0.2, 0.25) is 0 Å². The van der Waals surface area contributed by atoms with Crippen molar-refractivity contribution in [1.29, 1.82) is 0 Å². The maximum absolute atomic E-state index is 11.5. The molecule has 100 valence electrons. The van der Waals surface area contributed by atoms with Crippen LogP contribution in [-0.2, 0) is 11.3 Å². The quantitative estimate of drug-likeness (QED) is 0.671. The van der Waals surface area contributed by atoms with Crippen molar-refractivity contribution in [2.75, 3.05) is 18.7 Å². The van der Waals surface area contributed by atoms with E-state index in [0.29, 0.717) is 4.88 Å². The first-order valence-corrected chi connectivity index (χ1v) is 7.82. The SMILES string of the molecule is COC(=O)c1cc(NCc2ccccc2)c(SC)s1. The average molecular weight is 293 g/mol. The van der Waals surface area contributed by atoms with E-state index in [9.17, 15) is 4.79 Å². The van der Waals surface area contributed by atoms with Crippen LogP contribution in [0.25, 0.3) is 0 Å². The van der Waals surface area contributed by atoms with Gasteiger partial charge in [0.2, 0.25) is 0 Å². The zero-order valence-electron chi connectivity index (χ0n) is 10.8. The van der Waals surface area contributed by atoms with Crippen molar-refractivity contribution in [2.45, 2.75) is 10.8 Å². The standard InChI is InChI=1S/C14H15NO2S2/c1-17-13(16)12-8-11(14(18-2)19-12)15-9-10-6-4-3-5-7-10/h3-8,15H,9H2,1-2H3. The number of ether oxygens (including phenoxy) is 1. The molecule has 0 saturated heterocycles. The van der Waals surface area contributed by atoms with Gasteiger partial charge in [-0.25, -0.2) is 4.79 Å². The molecule has 19 heavy (non-hydrogen) atoms. The second-order valence-electron chi connectivity index (χ2n) is 3.85. The molecule has 0 fully saturated rings. The van der Waals surface area contributed by atoms with Crippen LogP contribution in [0, 0.1) is 0 Å². The van der Waals surface area contributed by atoms with Crippen LogP contribution in [-0.4, -0.2) is 19.3 Å². The van der Waals surface area contributed by atoms with E-state index in [-0.39, 0.29) is 5.97 Å². The van der Waals surface area contributed by atoms with Crippen molar-refractivity contribution in [3.05, 3.63) is 46.8 Å². The molecule has 0 bridgehead atoms. The van der Waals surface area contributed by atoms with E-state index in [1.165, 1.54) is 24.0 Å². The average Bonchev–Trinajstić information content (AvgIpc) is 2.88. The lowest BCUT2D eigenvalue weighted by atomic mass is 10.2. The van der Waals surface area contributed by atoms with Gasteiger partial charge in [0.05, 0.1) is 17.0 Å². The van der Waals surface area contributed by atoms with Crippen LogP contribution in [0.4, 0.5) is 5.69 Å². The molecular formula is C14H15NO2S2. The number of benzene rings is 1. The summed E-state index contributed by atoms with van der Waals surface area (Å²) < 4.78 is 5.84. The molecule has 0 radical (unpaired) electrons. The molecule has 0 spiro atoms. The summed E-state index contributed by atoms with van der Waals surface area (Å²) in [4.78, 5) is 12.1. The van der Waals surface area contributed by atoms with Crippen LogP contribution in [0.3, 0.4) is 0 Å². The Bertz CT molecular complexity index is 552. The first kappa shape index (κ1) is 14.0. The fourth-order valence-electron chi connectivity index (χ4n) is 1.64. The van der Waals surface area contributed by atoms with Gasteiger partial charge in [-0.15, -0.1) is 23.1 Å². The zero-order valence-corrected chi connectivity index (χ0v) is 12.4. The molecule has 0 aliphatic heterocycles. The Morgan fingerprint density at radius 3 is 2.74 bits per heavy atom. The highest BCUT2D eigenvalue weighted by molar-refractivity contribution is 8.00. The van der Waals surface area contributed by atoms with Crippen LogP contribution < -0.4 is 5.32 Å². The summed E-state index contributed by atoms with van der Waals surface area (Å²) in [6, 6.07) is 12.0. The predicted octanol–water partition coefficient (Wildman–Crippen LogP) is 3.87. The van der Waals surface area contributed by atoms with Crippen LogP contribution >= 0.6 is 23.1 Å². The van der Waals surface area contributed by atoms with Gasteiger partial charge in [-0.3, -0.25) is 0 Å². The summed E-state index contributed by atoms with van der Waals surface area (Å²) in [7, 11) is 1.40. The van der Waals surface area contributed by atoms with Crippen LogP contribution in [0.15, 0.2) is 40.6 Å². The van der Waals surface area contributed by atoms with Gasteiger partial charge in [-0.2, -0.15) is 0 Å². The number of rotatable bonds is 5. The number of hydrogen-bond donors (Lipinski definition) is 1.